The van der Waals surface area contributed by atoms with Gasteiger partial charge >= 0.3 is 0 Å². The molecule has 0 saturated heterocycles. The highest BCUT2D eigenvalue weighted by Gasteiger charge is 2.19. The number of rotatable bonds is 7. The minimum atomic E-state index is 0.168. The molecule has 1 aromatic rings. The molecule has 0 aromatic heterocycles. The molecule has 0 saturated carbocycles. The van der Waals surface area contributed by atoms with E-state index in [0.717, 1.165) is 19.3 Å². The minimum absolute atomic E-state index is 0.168. The number of hydrazine groups is 1. The fourth-order valence-corrected chi connectivity index (χ4v) is 2.16. The lowest BCUT2D eigenvalue weighted by Crippen LogP contribution is -2.46. The highest BCUT2D eigenvalue weighted by atomic mass is 16.5. The van der Waals surface area contributed by atoms with Gasteiger partial charge in [-0.2, -0.15) is 0 Å². The SMILES string of the molecule is CCCC(OC)C(Cc1cccc(C)c1)NN. The first-order valence-electron chi connectivity index (χ1n) is 6.25. The van der Waals surface area contributed by atoms with Crippen LogP contribution in [0.25, 0.3) is 0 Å². The Labute approximate surface area is 104 Å². The van der Waals surface area contributed by atoms with E-state index >= 15 is 0 Å². The maximum Gasteiger partial charge on any atom is 0.0740 e. The molecule has 0 aliphatic heterocycles. The number of nitrogens with one attached hydrogen (secondary N) is 1. The summed E-state index contributed by atoms with van der Waals surface area (Å²) >= 11 is 0. The summed E-state index contributed by atoms with van der Waals surface area (Å²) in [4.78, 5) is 0. The Morgan fingerprint density at radius 3 is 2.71 bits per heavy atom. The number of hydrogen-bond donors (Lipinski definition) is 2. The molecule has 1 rings (SSSR count). The second-order valence-electron chi connectivity index (χ2n) is 4.53. The summed E-state index contributed by atoms with van der Waals surface area (Å²) in [7, 11) is 1.75. The van der Waals surface area contributed by atoms with Crippen molar-refractivity contribution in [1.29, 1.82) is 0 Å². The highest BCUT2D eigenvalue weighted by Crippen LogP contribution is 2.13. The van der Waals surface area contributed by atoms with E-state index in [2.05, 4.69) is 43.5 Å². The molecule has 3 heteroatoms. The monoisotopic (exact) mass is 236 g/mol. The first-order valence-corrected chi connectivity index (χ1v) is 6.25. The minimum Gasteiger partial charge on any atom is -0.380 e. The molecule has 0 amide bonds. The van der Waals surface area contributed by atoms with Crippen LogP contribution in [0.1, 0.15) is 30.9 Å². The Balaban J connectivity index is 2.68. The van der Waals surface area contributed by atoms with Crippen molar-refractivity contribution in [3.8, 4) is 0 Å². The van der Waals surface area contributed by atoms with Gasteiger partial charge in [0, 0.05) is 7.11 Å². The maximum absolute atomic E-state index is 5.64. The third kappa shape index (κ3) is 4.46. The van der Waals surface area contributed by atoms with Gasteiger partial charge in [0.1, 0.15) is 0 Å². The van der Waals surface area contributed by atoms with Gasteiger partial charge in [-0.15, -0.1) is 0 Å². The Kier molecular flexibility index (Phi) is 6.19. The van der Waals surface area contributed by atoms with Crippen molar-refractivity contribution in [2.24, 2.45) is 5.84 Å². The average molecular weight is 236 g/mol. The van der Waals surface area contributed by atoms with E-state index in [1.807, 2.05) is 0 Å². The molecule has 0 aliphatic carbocycles. The number of aryl methyl sites for hydroxylation is 1. The molecule has 3 N–H and O–H groups in total. The lowest BCUT2D eigenvalue weighted by atomic mass is 9.98. The van der Waals surface area contributed by atoms with Gasteiger partial charge in [-0.05, 0) is 25.3 Å². The second-order valence-corrected chi connectivity index (χ2v) is 4.53. The molecular formula is C14H24N2O. The fraction of sp³-hybridized carbons (Fsp3) is 0.571. The molecule has 96 valence electrons. The van der Waals surface area contributed by atoms with E-state index in [1.165, 1.54) is 11.1 Å². The van der Waals surface area contributed by atoms with Gasteiger partial charge in [0.05, 0.1) is 12.1 Å². The van der Waals surface area contributed by atoms with Crippen LogP contribution in [0, 0.1) is 6.92 Å². The van der Waals surface area contributed by atoms with Crippen LogP contribution in [0.2, 0.25) is 0 Å². The maximum atomic E-state index is 5.64. The van der Waals surface area contributed by atoms with Crippen LogP contribution in [0.15, 0.2) is 24.3 Å². The highest BCUT2D eigenvalue weighted by molar-refractivity contribution is 5.23. The quantitative estimate of drug-likeness (QED) is 0.563. The summed E-state index contributed by atoms with van der Waals surface area (Å²) in [5.41, 5.74) is 5.46. The number of nitrogens with two attached hydrogens (primary N) is 1. The summed E-state index contributed by atoms with van der Waals surface area (Å²) in [6.07, 6.45) is 3.20. The van der Waals surface area contributed by atoms with Gasteiger partial charge < -0.3 is 4.74 Å². The van der Waals surface area contributed by atoms with E-state index in [1.54, 1.807) is 7.11 Å². The third-order valence-corrected chi connectivity index (χ3v) is 3.08. The largest absolute Gasteiger partial charge is 0.380 e. The molecule has 17 heavy (non-hydrogen) atoms. The molecular weight excluding hydrogens is 212 g/mol. The molecule has 1 aromatic carbocycles. The van der Waals surface area contributed by atoms with Gasteiger partial charge in [-0.1, -0.05) is 43.2 Å². The Morgan fingerprint density at radius 1 is 1.41 bits per heavy atom. The first kappa shape index (κ1) is 14.2. The topological polar surface area (TPSA) is 47.3 Å². The zero-order chi connectivity index (χ0) is 12.7. The van der Waals surface area contributed by atoms with E-state index in [-0.39, 0.29) is 12.1 Å². The average Bonchev–Trinajstić information content (AvgIpc) is 2.33. The van der Waals surface area contributed by atoms with Crippen LogP contribution in [-0.4, -0.2) is 19.3 Å². The molecule has 2 unspecified atom stereocenters. The van der Waals surface area contributed by atoms with Crippen LogP contribution in [0.3, 0.4) is 0 Å². The number of ether oxygens (including phenoxy) is 1. The number of hydrogen-bond acceptors (Lipinski definition) is 3. The van der Waals surface area contributed by atoms with Crippen molar-refractivity contribution in [3.63, 3.8) is 0 Å². The molecule has 0 spiro atoms. The summed E-state index contributed by atoms with van der Waals surface area (Å²) in [6.45, 7) is 4.26. The van der Waals surface area contributed by atoms with Gasteiger partial charge in [0.25, 0.3) is 0 Å². The Hall–Kier alpha value is -0.900. The zero-order valence-corrected chi connectivity index (χ0v) is 11.1. The first-order chi connectivity index (χ1) is 8.21. The molecule has 2 atom stereocenters. The van der Waals surface area contributed by atoms with Crippen LogP contribution in [-0.2, 0) is 11.2 Å². The molecule has 3 nitrogen and oxygen atoms in total. The van der Waals surface area contributed by atoms with Crippen LogP contribution >= 0.6 is 0 Å². The molecule has 0 aliphatic rings. The summed E-state index contributed by atoms with van der Waals surface area (Å²) in [6, 6.07) is 8.69. The van der Waals surface area contributed by atoms with Crippen molar-refractivity contribution in [2.75, 3.05) is 7.11 Å². The summed E-state index contributed by atoms with van der Waals surface area (Å²) in [5, 5.41) is 0. The van der Waals surface area contributed by atoms with E-state index in [9.17, 15) is 0 Å². The predicted molar refractivity (Wildman–Crippen MR) is 71.7 cm³/mol. The van der Waals surface area contributed by atoms with Crippen molar-refractivity contribution in [2.45, 2.75) is 45.3 Å². The van der Waals surface area contributed by atoms with Gasteiger partial charge in [0.15, 0.2) is 0 Å². The Bertz CT molecular complexity index is 328. The molecule has 0 radical (unpaired) electrons. The van der Waals surface area contributed by atoms with Crippen LogP contribution in [0.4, 0.5) is 0 Å². The second kappa shape index (κ2) is 7.43. The fourth-order valence-electron chi connectivity index (χ4n) is 2.16. The van der Waals surface area contributed by atoms with E-state index in [4.69, 9.17) is 10.6 Å². The lowest BCUT2D eigenvalue weighted by Gasteiger charge is -2.25. The van der Waals surface area contributed by atoms with E-state index < -0.39 is 0 Å². The third-order valence-electron chi connectivity index (χ3n) is 3.08. The number of methoxy groups -OCH3 is 1. The Morgan fingerprint density at radius 2 is 2.18 bits per heavy atom. The van der Waals surface area contributed by atoms with Gasteiger partial charge in [0.2, 0.25) is 0 Å². The van der Waals surface area contributed by atoms with Crippen molar-refractivity contribution in [3.05, 3.63) is 35.4 Å². The van der Waals surface area contributed by atoms with E-state index in [0.29, 0.717) is 0 Å². The van der Waals surface area contributed by atoms with Crippen molar-refractivity contribution < 1.29 is 4.74 Å². The van der Waals surface area contributed by atoms with Gasteiger partial charge in [-0.3, -0.25) is 11.3 Å². The molecule has 0 heterocycles. The molecule has 0 fully saturated rings. The van der Waals surface area contributed by atoms with Crippen molar-refractivity contribution in [1.82, 2.24) is 5.43 Å². The van der Waals surface area contributed by atoms with Gasteiger partial charge in [-0.25, -0.2) is 0 Å². The standard InChI is InChI=1S/C14H24N2O/c1-4-6-14(17-3)13(16-15)10-12-8-5-7-11(2)9-12/h5,7-9,13-14,16H,4,6,10,15H2,1-3H3. The van der Waals surface area contributed by atoms with Crippen molar-refractivity contribution >= 4 is 0 Å². The summed E-state index contributed by atoms with van der Waals surface area (Å²) < 4.78 is 5.50. The zero-order valence-electron chi connectivity index (χ0n) is 11.1. The lowest BCUT2D eigenvalue weighted by molar-refractivity contribution is 0.0609. The van der Waals surface area contributed by atoms with Crippen LogP contribution < -0.4 is 11.3 Å². The van der Waals surface area contributed by atoms with Crippen LogP contribution in [0.5, 0.6) is 0 Å². The molecule has 0 bridgehead atoms. The smallest absolute Gasteiger partial charge is 0.0740 e. The number of benzene rings is 1. The predicted octanol–water partition coefficient (Wildman–Crippen LogP) is 2.18. The normalized spacial score (nSPS) is 14.6. The summed E-state index contributed by atoms with van der Waals surface area (Å²) in [5.74, 6) is 5.64.